The van der Waals surface area contributed by atoms with Gasteiger partial charge in [0.25, 0.3) is 0 Å². The summed E-state index contributed by atoms with van der Waals surface area (Å²) >= 11 is 5.72. The molecule has 3 N–H and O–H groups in total. The zero-order chi connectivity index (χ0) is 13.5. The maximum Gasteiger partial charge on any atom is 0.233 e. The average molecular weight is 286 g/mol. The van der Waals surface area contributed by atoms with Gasteiger partial charge in [-0.15, -0.1) is 0 Å². The predicted octanol–water partition coefficient (Wildman–Crippen LogP) is 1.06. The molecule has 1 rings (SSSR count). The molecule has 1 atom stereocenters. The fraction of sp³-hybridized carbons (Fsp3) is 0.273. The molecule has 0 fully saturated rings. The normalized spacial score (nSPS) is 11.6. The molecule has 7 heteroatoms. The minimum atomic E-state index is -1.52. The summed E-state index contributed by atoms with van der Waals surface area (Å²) < 4.78 is 11.9. The van der Waals surface area contributed by atoms with E-state index in [0.717, 1.165) is 0 Å². The van der Waals surface area contributed by atoms with E-state index < -0.39 is 10.8 Å². The van der Waals surface area contributed by atoms with E-state index in [4.69, 9.17) is 22.6 Å². The van der Waals surface area contributed by atoms with Crippen molar-refractivity contribution in [2.75, 3.05) is 18.0 Å². The van der Waals surface area contributed by atoms with Crippen molar-refractivity contribution >= 4 is 34.0 Å². The summed E-state index contributed by atoms with van der Waals surface area (Å²) in [5.41, 5.74) is 5.96. The largest absolute Gasteiger partial charge is 0.398 e. The summed E-state index contributed by atoms with van der Waals surface area (Å²) in [6, 6.07) is 6.49. The molecule has 96 valence electrons. The molecule has 0 aliphatic heterocycles. The van der Waals surface area contributed by atoms with Gasteiger partial charge in [0, 0.05) is 17.3 Å². The lowest BCUT2D eigenvalue weighted by Crippen LogP contribution is -2.29. The van der Waals surface area contributed by atoms with Crippen LogP contribution in [0.15, 0.2) is 23.1 Å². The Morgan fingerprint density at radius 2 is 2.28 bits per heavy atom. The predicted molar refractivity (Wildman–Crippen MR) is 70.4 cm³/mol. The van der Waals surface area contributed by atoms with Gasteiger partial charge >= 0.3 is 0 Å². The smallest absolute Gasteiger partial charge is 0.233 e. The molecular weight excluding hydrogens is 274 g/mol. The van der Waals surface area contributed by atoms with E-state index in [1.165, 1.54) is 12.1 Å². The van der Waals surface area contributed by atoms with Crippen molar-refractivity contribution in [1.82, 2.24) is 5.32 Å². The average Bonchev–Trinajstić information content (AvgIpc) is 2.28. The van der Waals surface area contributed by atoms with E-state index in [0.29, 0.717) is 15.6 Å². The van der Waals surface area contributed by atoms with Crippen LogP contribution in [0.4, 0.5) is 5.69 Å². The summed E-state index contributed by atoms with van der Waals surface area (Å²) in [4.78, 5) is 11.8. The first-order valence-electron chi connectivity index (χ1n) is 5.11. The molecule has 0 saturated heterocycles. The van der Waals surface area contributed by atoms with Crippen molar-refractivity contribution in [3.8, 4) is 6.07 Å². The van der Waals surface area contributed by atoms with E-state index >= 15 is 0 Å². The highest BCUT2D eigenvalue weighted by molar-refractivity contribution is 7.86. The lowest BCUT2D eigenvalue weighted by atomic mass is 10.3. The van der Waals surface area contributed by atoms with Gasteiger partial charge in [-0.2, -0.15) is 5.26 Å². The van der Waals surface area contributed by atoms with Crippen LogP contribution in [0.3, 0.4) is 0 Å². The van der Waals surface area contributed by atoms with Gasteiger partial charge in [0.2, 0.25) is 5.91 Å². The number of nitrogens with zero attached hydrogens (tertiary/aromatic N) is 1. The zero-order valence-electron chi connectivity index (χ0n) is 9.48. The minimum absolute atomic E-state index is 0.183. The number of hydrogen-bond donors (Lipinski definition) is 2. The van der Waals surface area contributed by atoms with Crippen LogP contribution >= 0.6 is 11.6 Å². The van der Waals surface area contributed by atoms with Crippen LogP contribution in [0.1, 0.15) is 6.42 Å². The van der Waals surface area contributed by atoms with E-state index in [9.17, 15) is 9.00 Å². The SMILES string of the molecule is N#CCCNC(=O)CS(=O)c1ccc(Cl)cc1N. The van der Waals surface area contributed by atoms with Crippen LogP contribution in [0.5, 0.6) is 0 Å². The number of carbonyl (C=O) groups excluding carboxylic acids is 1. The number of nitrogen functional groups attached to an aromatic ring is 1. The summed E-state index contributed by atoms with van der Waals surface area (Å²) in [5, 5.41) is 11.3. The molecule has 0 saturated carbocycles. The second-order valence-corrected chi connectivity index (χ2v) is 5.29. The van der Waals surface area contributed by atoms with Gasteiger partial charge in [-0.3, -0.25) is 9.00 Å². The Morgan fingerprint density at radius 1 is 1.56 bits per heavy atom. The van der Waals surface area contributed by atoms with E-state index in [2.05, 4.69) is 5.32 Å². The van der Waals surface area contributed by atoms with Crippen LogP contribution in [0.2, 0.25) is 5.02 Å². The molecule has 0 spiro atoms. The van der Waals surface area contributed by atoms with Crippen LogP contribution < -0.4 is 11.1 Å². The molecule has 0 radical (unpaired) electrons. The molecule has 0 heterocycles. The molecule has 0 aromatic heterocycles. The zero-order valence-corrected chi connectivity index (χ0v) is 11.1. The summed E-state index contributed by atoms with van der Waals surface area (Å²) in [7, 11) is -1.52. The highest BCUT2D eigenvalue weighted by Crippen LogP contribution is 2.21. The minimum Gasteiger partial charge on any atom is -0.398 e. The van der Waals surface area contributed by atoms with Gasteiger partial charge in [-0.05, 0) is 18.2 Å². The molecule has 18 heavy (non-hydrogen) atoms. The van der Waals surface area contributed by atoms with Crippen LogP contribution in [-0.4, -0.2) is 22.4 Å². The summed E-state index contributed by atoms with van der Waals surface area (Å²) in [5.74, 6) is -0.560. The van der Waals surface area contributed by atoms with Crippen molar-refractivity contribution < 1.29 is 9.00 Å². The highest BCUT2D eigenvalue weighted by atomic mass is 35.5. The van der Waals surface area contributed by atoms with Crippen LogP contribution in [0.25, 0.3) is 0 Å². The van der Waals surface area contributed by atoms with Crippen LogP contribution in [0, 0.1) is 11.3 Å². The number of hydrogen-bond acceptors (Lipinski definition) is 4. The quantitative estimate of drug-likeness (QED) is 0.624. The van der Waals surface area contributed by atoms with E-state index in [-0.39, 0.29) is 24.6 Å². The summed E-state index contributed by atoms with van der Waals surface area (Å²) in [6.07, 6.45) is 0.224. The fourth-order valence-corrected chi connectivity index (χ4v) is 2.45. The maximum absolute atomic E-state index is 11.9. The highest BCUT2D eigenvalue weighted by Gasteiger charge is 2.12. The Labute approximate surface area is 112 Å². The van der Waals surface area contributed by atoms with Gasteiger partial charge in [0.15, 0.2) is 0 Å². The Hall–Kier alpha value is -1.58. The van der Waals surface area contributed by atoms with Gasteiger partial charge < -0.3 is 11.1 Å². The monoisotopic (exact) mass is 285 g/mol. The first kappa shape index (κ1) is 14.5. The molecular formula is C11H12ClN3O2S. The van der Waals surface area contributed by atoms with Crippen molar-refractivity contribution in [2.45, 2.75) is 11.3 Å². The lowest BCUT2D eigenvalue weighted by molar-refractivity contribution is -0.118. The van der Waals surface area contributed by atoms with Gasteiger partial charge in [0.05, 0.1) is 28.2 Å². The third-order valence-electron chi connectivity index (χ3n) is 2.04. The van der Waals surface area contributed by atoms with E-state index in [1.807, 2.05) is 6.07 Å². The molecule has 1 aromatic rings. The second-order valence-electron chi connectivity index (χ2n) is 3.43. The number of nitrogens with two attached hydrogens (primary N) is 1. The van der Waals surface area contributed by atoms with Gasteiger partial charge in [-0.25, -0.2) is 0 Å². The third kappa shape index (κ3) is 4.35. The number of nitrogens with one attached hydrogen (secondary N) is 1. The number of anilines is 1. The molecule has 0 aliphatic rings. The Bertz CT molecular complexity index is 514. The molecule has 1 unspecified atom stereocenters. The molecule has 1 aromatic carbocycles. The molecule has 5 nitrogen and oxygen atoms in total. The maximum atomic E-state index is 11.9. The second kappa shape index (κ2) is 6.99. The first-order chi connectivity index (χ1) is 8.54. The number of halogens is 1. The number of benzene rings is 1. The molecule has 1 amide bonds. The van der Waals surface area contributed by atoms with Crippen LogP contribution in [-0.2, 0) is 15.6 Å². The van der Waals surface area contributed by atoms with Crippen molar-refractivity contribution in [3.05, 3.63) is 23.2 Å². The fourth-order valence-electron chi connectivity index (χ4n) is 1.23. The van der Waals surface area contributed by atoms with Gasteiger partial charge in [-0.1, -0.05) is 11.6 Å². The van der Waals surface area contributed by atoms with Crippen molar-refractivity contribution in [3.63, 3.8) is 0 Å². The summed E-state index contributed by atoms with van der Waals surface area (Å²) in [6.45, 7) is 0.253. The number of nitriles is 1. The van der Waals surface area contributed by atoms with Gasteiger partial charge in [0.1, 0.15) is 5.75 Å². The van der Waals surface area contributed by atoms with Crippen molar-refractivity contribution in [1.29, 1.82) is 5.26 Å². The topological polar surface area (TPSA) is 96.0 Å². The Balaban J connectivity index is 2.60. The molecule has 0 bridgehead atoms. The first-order valence-corrected chi connectivity index (χ1v) is 6.81. The Morgan fingerprint density at radius 3 is 2.89 bits per heavy atom. The molecule has 0 aliphatic carbocycles. The van der Waals surface area contributed by atoms with E-state index in [1.54, 1.807) is 6.07 Å². The number of amides is 1. The number of rotatable bonds is 5. The Kier molecular flexibility index (Phi) is 5.62. The third-order valence-corrected chi connectivity index (χ3v) is 3.66. The lowest BCUT2D eigenvalue weighted by Gasteiger charge is -2.06. The standard InChI is InChI=1S/C11H12ClN3O2S/c12-8-2-3-10(9(14)6-8)18(17)7-11(16)15-5-1-4-13/h2-3,6H,1,5,7,14H2,(H,15,16). The van der Waals surface area contributed by atoms with Crippen molar-refractivity contribution in [2.24, 2.45) is 0 Å². The number of carbonyl (C=O) groups is 1.